The lowest BCUT2D eigenvalue weighted by atomic mass is 9.79. The van der Waals surface area contributed by atoms with Crippen molar-refractivity contribution in [1.82, 2.24) is 15.1 Å². The Kier molecular flexibility index (Phi) is 6.49. The number of benzene rings is 2. The van der Waals surface area contributed by atoms with Gasteiger partial charge < -0.3 is 19.3 Å². The van der Waals surface area contributed by atoms with Crippen molar-refractivity contribution in [2.75, 3.05) is 47.4 Å². The van der Waals surface area contributed by atoms with Crippen LogP contribution in [-0.4, -0.2) is 86.8 Å². The maximum absolute atomic E-state index is 12.7. The van der Waals surface area contributed by atoms with E-state index in [0.717, 1.165) is 42.1 Å². The first-order chi connectivity index (χ1) is 17.4. The molecule has 2 fully saturated rings. The zero-order valence-electron chi connectivity index (χ0n) is 21.1. The van der Waals surface area contributed by atoms with Crippen molar-refractivity contribution >= 4 is 23.5 Å². The molecule has 188 valence electrons. The van der Waals surface area contributed by atoms with Gasteiger partial charge in [0.25, 0.3) is 5.91 Å². The predicted molar refractivity (Wildman–Crippen MR) is 137 cm³/mol. The van der Waals surface area contributed by atoms with E-state index in [9.17, 15) is 9.59 Å². The van der Waals surface area contributed by atoms with Gasteiger partial charge in [0.2, 0.25) is 11.9 Å². The van der Waals surface area contributed by atoms with Gasteiger partial charge in [0, 0.05) is 36.2 Å². The van der Waals surface area contributed by atoms with E-state index in [-0.39, 0.29) is 30.4 Å². The summed E-state index contributed by atoms with van der Waals surface area (Å²) in [7, 11) is 5.51. The van der Waals surface area contributed by atoms with Gasteiger partial charge in [-0.1, -0.05) is 12.1 Å². The zero-order valence-corrected chi connectivity index (χ0v) is 21.1. The molecular formula is C27H31N5O4. The molecule has 5 rings (SSSR count). The van der Waals surface area contributed by atoms with Crippen molar-refractivity contribution in [2.24, 2.45) is 9.98 Å². The fourth-order valence-corrected chi connectivity index (χ4v) is 5.14. The second-order valence-electron chi connectivity index (χ2n) is 9.45. The van der Waals surface area contributed by atoms with Crippen LogP contribution in [0.3, 0.4) is 0 Å². The van der Waals surface area contributed by atoms with E-state index in [0.29, 0.717) is 17.9 Å². The number of likely N-dealkylation sites (N-methyl/N-ethyl adjacent to an activating group) is 2. The van der Waals surface area contributed by atoms with Gasteiger partial charge in [-0.05, 0) is 56.8 Å². The number of likely N-dealkylation sites (tertiary alicyclic amines) is 1. The molecule has 2 unspecified atom stereocenters. The summed E-state index contributed by atoms with van der Waals surface area (Å²) in [4.78, 5) is 37.5. The van der Waals surface area contributed by atoms with Crippen LogP contribution >= 0.6 is 0 Å². The van der Waals surface area contributed by atoms with E-state index < -0.39 is 5.91 Å². The third-order valence-electron chi connectivity index (χ3n) is 6.97. The smallest absolute Gasteiger partial charge is 0.280 e. The second kappa shape index (κ2) is 9.73. The third kappa shape index (κ3) is 4.46. The number of hydrogen-bond acceptors (Lipinski definition) is 6. The lowest BCUT2D eigenvalue weighted by Crippen LogP contribution is -2.41. The van der Waals surface area contributed by atoms with Gasteiger partial charge in [0.1, 0.15) is 0 Å². The molecule has 0 aromatic heterocycles. The monoisotopic (exact) mass is 489 g/mol. The number of rotatable bonds is 5. The van der Waals surface area contributed by atoms with Crippen molar-refractivity contribution in [3.8, 4) is 11.5 Å². The predicted octanol–water partition coefficient (Wildman–Crippen LogP) is 2.29. The Morgan fingerprint density at radius 1 is 1.19 bits per heavy atom. The molecule has 0 aliphatic carbocycles. The summed E-state index contributed by atoms with van der Waals surface area (Å²) < 4.78 is 11.5. The molecule has 0 bridgehead atoms. The van der Waals surface area contributed by atoms with E-state index in [1.165, 1.54) is 5.56 Å². The molecule has 2 amide bonds. The highest BCUT2D eigenvalue weighted by Crippen LogP contribution is 2.42. The Morgan fingerprint density at radius 2 is 1.97 bits per heavy atom. The summed E-state index contributed by atoms with van der Waals surface area (Å²) in [5.41, 5.74) is 4.51. The third-order valence-corrected chi connectivity index (χ3v) is 6.97. The lowest BCUT2D eigenvalue weighted by molar-refractivity contribution is -0.118. The first kappa shape index (κ1) is 24.0. The molecule has 0 spiro atoms. The lowest BCUT2D eigenvalue weighted by Gasteiger charge is -2.39. The summed E-state index contributed by atoms with van der Waals surface area (Å²) in [5.74, 6) is 1.39. The molecule has 9 nitrogen and oxygen atoms in total. The average Bonchev–Trinajstić information content (AvgIpc) is 3.19. The number of fused-ring (bicyclic) bond motifs is 3. The molecule has 2 atom stereocenters. The van der Waals surface area contributed by atoms with Gasteiger partial charge in [-0.25, -0.2) is 0 Å². The summed E-state index contributed by atoms with van der Waals surface area (Å²) in [5, 5.41) is 2.60. The van der Waals surface area contributed by atoms with E-state index in [1.54, 1.807) is 31.2 Å². The molecule has 1 N–H and O–H groups in total. The van der Waals surface area contributed by atoms with Crippen LogP contribution in [0.2, 0.25) is 0 Å². The van der Waals surface area contributed by atoms with Crippen molar-refractivity contribution in [3.05, 3.63) is 58.7 Å². The highest BCUT2D eigenvalue weighted by Gasteiger charge is 2.36. The fourth-order valence-electron chi connectivity index (χ4n) is 5.14. The SMILES string of the molecule is CCOc1cc2c(cc1OC)C(c1ccc(C(=O)N=C3NC(=O)CN3C)cc1)=NC1CCN(C)CC21. The van der Waals surface area contributed by atoms with E-state index in [4.69, 9.17) is 14.5 Å². The Labute approximate surface area is 210 Å². The molecule has 3 aliphatic heterocycles. The fraction of sp³-hybridized carbons (Fsp3) is 0.407. The van der Waals surface area contributed by atoms with Crippen LogP contribution in [0.4, 0.5) is 0 Å². The molecule has 3 aliphatic rings. The van der Waals surface area contributed by atoms with Crippen LogP contribution in [0.1, 0.15) is 46.3 Å². The highest BCUT2D eigenvalue weighted by molar-refractivity contribution is 6.15. The number of nitrogens with zero attached hydrogens (tertiary/aromatic N) is 4. The quantitative estimate of drug-likeness (QED) is 0.693. The number of aliphatic imine (C=N–C) groups is 2. The minimum Gasteiger partial charge on any atom is -0.493 e. The van der Waals surface area contributed by atoms with Crippen molar-refractivity contribution in [1.29, 1.82) is 0 Å². The van der Waals surface area contributed by atoms with Gasteiger partial charge in [-0.2, -0.15) is 4.99 Å². The normalized spacial score (nSPS) is 22.6. The van der Waals surface area contributed by atoms with Gasteiger partial charge in [0.15, 0.2) is 11.5 Å². The molecule has 0 radical (unpaired) electrons. The Bertz CT molecular complexity index is 1250. The number of amides is 2. The number of guanidine groups is 1. The number of methoxy groups -OCH3 is 1. The molecule has 3 heterocycles. The maximum atomic E-state index is 12.7. The summed E-state index contributed by atoms with van der Waals surface area (Å²) in [6, 6.07) is 11.6. The molecule has 2 aromatic rings. The summed E-state index contributed by atoms with van der Waals surface area (Å²) in [6.07, 6.45) is 0.980. The van der Waals surface area contributed by atoms with Crippen molar-refractivity contribution < 1.29 is 19.1 Å². The van der Waals surface area contributed by atoms with Gasteiger partial charge in [-0.15, -0.1) is 0 Å². The topological polar surface area (TPSA) is 95.8 Å². The number of carbonyl (C=O) groups excluding carboxylic acids is 2. The van der Waals surface area contributed by atoms with Crippen molar-refractivity contribution in [3.63, 3.8) is 0 Å². The van der Waals surface area contributed by atoms with Crippen LogP contribution in [0.15, 0.2) is 46.4 Å². The summed E-state index contributed by atoms with van der Waals surface area (Å²) >= 11 is 0. The van der Waals surface area contributed by atoms with Crippen LogP contribution in [0.5, 0.6) is 11.5 Å². The van der Waals surface area contributed by atoms with Crippen LogP contribution < -0.4 is 14.8 Å². The molecule has 2 saturated heterocycles. The zero-order chi connectivity index (χ0) is 25.4. The number of nitrogens with one attached hydrogen (secondary N) is 1. The summed E-state index contributed by atoms with van der Waals surface area (Å²) in [6.45, 7) is 4.65. The van der Waals surface area contributed by atoms with E-state index in [1.807, 2.05) is 25.1 Å². The first-order valence-electron chi connectivity index (χ1n) is 12.2. The number of hydrogen-bond donors (Lipinski definition) is 1. The molecule has 9 heteroatoms. The van der Waals surface area contributed by atoms with E-state index >= 15 is 0 Å². The Morgan fingerprint density at radius 3 is 2.64 bits per heavy atom. The van der Waals surface area contributed by atoms with Crippen LogP contribution in [-0.2, 0) is 4.79 Å². The molecule has 2 aromatic carbocycles. The Balaban J connectivity index is 1.50. The van der Waals surface area contributed by atoms with Gasteiger partial charge in [-0.3, -0.25) is 19.9 Å². The Hall–Kier alpha value is -3.72. The minimum absolute atomic E-state index is 0.177. The first-order valence-corrected chi connectivity index (χ1v) is 12.2. The average molecular weight is 490 g/mol. The molecular weight excluding hydrogens is 458 g/mol. The molecule has 0 saturated carbocycles. The maximum Gasteiger partial charge on any atom is 0.280 e. The number of piperidine rings is 1. The number of ether oxygens (including phenoxy) is 2. The standard InChI is InChI=1S/C27H31N5O4/c1-5-36-23-12-18-19(13-22(23)35-4)25(28-21-10-11-31(2)14-20(18)21)16-6-8-17(9-7-16)26(34)30-27-29-24(33)15-32(27)3/h6-9,12-13,20-21H,5,10-11,14-15H2,1-4H3,(H,29,30,33,34). The van der Waals surface area contributed by atoms with Gasteiger partial charge in [0.05, 0.1) is 32.0 Å². The highest BCUT2D eigenvalue weighted by atomic mass is 16.5. The number of carbonyl (C=O) groups is 2. The van der Waals surface area contributed by atoms with E-state index in [2.05, 4.69) is 28.3 Å². The van der Waals surface area contributed by atoms with Crippen LogP contribution in [0, 0.1) is 0 Å². The minimum atomic E-state index is -0.407. The molecule has 36 heavy (non-hydrogen) atoms. The van der Waals surface area contributed by atoms with Crippen molar-refractivity contribution in [2.45, 2.75) is 25.3 Å². The van der Waals surface area contributed by atoms with Gasteiger partial charge >= 0.3 is 0 Å². The second-order valence-corrected chi connectivity index (χ2v) is 9.45. The largest absolute Gasteiger partial charge is 0.493 e. The van der Waals surface area contributed by atoms with Crippen LogP contribution in [0.25, 0.3) is 0 Å².